The van der Waals surface area contributed by atoms with E-state index >= 15 is 0 Å². The highest BCUT2D eigenvalue weighted by Gasteiger charge is 2.21. The average molecular weight is 452 g/mol. The molecule has 1 N–H and O–H groups in total. The molecule has 9 heteroatoms. The van der Waals surface area contributed by atoms with Gasteiger partial charge in [-0.15, -0.1) is 0 Å². The summed E-state index contributed by atoms with van der Waals surface area (Å²) in [5, 5.41) is 0. The fraction of sp³-hybridized carbons (Fsp3) is 0.429. The number of hydrogen-bond donors (Lipinski definition) is 1. The van der Waals surface area contributed by atoms with Gasteiger partial charge in [-0.25, -0.2) is 25.9 Å². The second-order valence-electron chi connectivity index (χ2n) is 7.62. The maximum atomic E-state index is 12.6. The minimum atomic E-state index is -3.81. The lowest BCUT2D eigenvalue weighted by Crippen LogP contribution is -2.29. The predicted octanol–water partition coefficient (Wildman–Crippen LogP) is 2.45. The number of benzene rings is 2. The van der Waals surface area contributed by atoms with Crippen molar-refractivity contribution in [3.05, 3.63) is 54.1 Å². The molecule has 2 aromatic carbocycles. The van der Waals surface area contributed by atoms with E-state index in [1.807, 2.05) is 12.1 Å². The SMILES string of the molecule is CN(C)S(=O)(=O)c1cccc(S(=O)(=O)NCCc2ccc(N3CCCCC3)cc2)c1. The van der Waals surface area contributed by atoms with Crippen LogP contribution in [0.15, 0.2) is 58.3 Å². The third kappa shape index (κ3) is 5.40. The molecule has 1 aliphatic rings. The van der Waals surface area contributed by atoms with E-state index in [4.69, 9.17) is 0 Å². The molecule has 7 nitrogen and oxygen atoms in total. The first kappa shape index (κ1) is 22.7. The molecule has 1 heterocycles. The van der Waals surface area contributed by atoms with Crippen molar-refractivity contribution in [2.45, 2.75) is 35.5 Å². The molecule has 0 aliphatic carbocycles. The molecule has 0 spiro atoms. The van der Waals surface area contributed by atoms with Crippen molar-refractivity contribution in [3.8, 4) is 0 Å². The molecule has 164 valence electrons. The van der Waals surface area contributed by atoms with Gasteiger partial charge >= 0.3 is 0 Å². The topological polar surface area (TPSA) is 86.8 Å². The largest absolute Gasteiger partial charge is 0.372 e. The van der Waals surface area contributed by atoms with Crippen LogP contribution in [0.4, 0.5) is 5.69 Å². The van der Waals surface area contributed by atoms with Gasteiger partial charge in [-0.05, 0) is 61.6 Å². The molecule has 0 unspecified atom stereocenters. The van der Waals surface area contributed by atoms with Gasteiger partial charge in [0.15, 0.2) is 0 Å². The second kappa shape index (κ2) is 9.47. The van der Waals surface area contributed by atoms with Crippen molar-refractivity contribution in [1.29, 1.82) is 0 Å². The molecule has 30 heavy (non-hydrogen) atoms. The van der Waals surface area contributed by atoms with Crippen molar-refractivity contribution in [2.24, 2.45) is 0 Å². The zero-order chi connectivity index (χ0) is 21.8. The van der Waals surface area contributed by atoms with Gasteiger partial charge in [0.2, 0.25) is 20.0 Å². The van der Waals surface area contributed by atoms with Gasteiger partial charge in [0.05, 0.1) is 9.79 Å². The lowest BCUT2D eigenvalue weighted by atomic mass is 10.1. The van der Waals surface area contributed by atoms with Crippen molar-refractivity contribution in [1.82, 2.24) is 9.03 Å². The number of nitrogens with one attached hydrogen (secondary N) is 1. The van der Waals surface area contributed by atoms with E-state index < -0.39 is 20.0 Å². The zero-order valence-electron chi connectivity index (χ0n) is 17.4. The van der Waals surface area contributed by atoms with Crippen molar-refractivity contribution >= 4 is 25.7 Å². The summed E-state index contributed by atoms with van der Waals surface area (Å²) in [6.07, 6.45) is 4.29. The Morgan fingerprint density at radius 3 is 2.17 bits per heavy atom. The Labute approximate surface area is 179 Å². The van der Waals surface area contributed by atoms with Crippen LogP contribution in [0, 0.1) is 0 Å². The van der Waals surface area contributed by atoms with Crippen molar-refractivity contribution < 1.29 is 16.8 Å². The molecule has 1 saturated heterocycles. The monoisotopic (exact) mass is 451 g/mol. The van der Waals surface area contributed by atoms with Gasteiger partial charge in [-0.2, -0.15) is 0 Å². The number of anilines is 1. The molecule has 1 fully saturated rings. The van der Waals surface area contributed by atoms with Crippen LogP contribution in [0.2, 0.25) is 0 Å². The number of sulfonamides is 2. The molecule has 0 saturated carbocycles. The molecule has 0 aromatic heterocycles. The number of rotatable bonds is 8. The minimum absolute atomic E-state index is 0.0522. The zero-order valence-corrected chi connectivity index (χ0v) is 19.0. The normalized spacial score (nSPS) is 15.5. The Bertz CT molecular complexity index is 1060. The van der Waals surface area contributed by atoms with Gasteiger partial charge in [0.1, 0.15) is 0 Å². The van der Waals surface area contributed by atoms with E-state index in [2.05, 4.69) is 21.8 Å². The Hall–Kier alpha value is -1.94. The van der Waals surface area contributed by atoms with Crippen LogP contribution in [0.1, 0.15) is 24.8 Å². The average Bonchev–Trinajstić information content (AvgIpc) is 2.75. The number of nitrogens with zero attached hydrogens (tertiary/aromatic N) is 2. The highest BCUT2D eigenvalue weighted by atomic mass is 32.2. The summed E-state index contributed by atoms with van der Waals surface area (Å²) in [5.74, 6) is 0. The number of piperidine rings is 1. The summed E-state index contributed by atoms with van der Waals surface area (Å²) in [5.41, 5.74) is 2.25. The summed E-state index contributed by atoms with van der Waals surface area (Å²) < 4.78 is 53.3. The molecule has 0 bridgehead atoms. The predicted molar refractivity (Wildman–Crippen MR) is 119 cm³/mol. The summed E-state index contributed by atoms with van der Waals surface area (Å²) in [4.78, 5) is 2.26. The van der Waals surface area contributed by atoms with E-state index in [0.29, 0.717) is 6.42 Å². The third-order valence-corrected chi connectivity index (χ3v) is 8.53. The third-order valence-electron chi connectivity index (χ3n) is 5.26. The van der Waals surface area contributed by atoms with Crippen molar-refractivity contribution in [3.63, 3.8) is 0 Å². The van der Waals surface area contributed by atoms with Gasteiger partial charge in [-0.3, -0.25) is 0 Å². The molecule has 2 aromatic rings. The van der Waals surface area contributed by atoms with Crippen LogP contribution in [-0.4, -0.2) is 54.9 Å². The maximum Gasteiger partial charge on any atom is 0.242 e. The van der Waals surface area contributed by atoms with Crippen LogP contribution in [-0.2, 0) is 26.5 Å². The fourth-order valence-corrected chi connectivity index (χ4v) is 5.55. The van der Waals surface area contributed by atoms with E-state index in [-0.39, 0.29) is 16.3 Å². The van der Waals surface area contributed by atoms with Crippen LogP contribution in [0.5, 0.6) is 0 Å². The molecule has 0 atom stereocenters. The summed E-state index contributed by atoms with van der Waals surface area (Å²) in [7, 11) is -4.69. The standard InChI is InChI=1S/C21H29N3O4S2/c1-23(2)30(27,28)21-8-6-7-20(17-21)29(25,26)22-14-13-18-9-11-19(12-10-18)24-15-4-3-5-16-24/h6-12,17,22H,3-5,13-16H2,1-2H3. The molecule has 0 radical (unpaired) electrons. The summed E-state index contributed by atoms with van der Waals surface area (Å²) in [6, 6.07) is 13.6. The molecular formula is C21H29N3O4S2. The second-order valence-corrected chi connectivity index (χ2v) is 11.5. The maximum absolute atomic E-state index is 12.6. The Balaban J connectivity index is 1.61. The first-order chi connectivity index (χ1) is 14.2. The van der Waals surface area contributed by atoms with Gasteiger partial charge in [0, 0.05) is 39.4 Å². The van der Waals surface area contributed by atoms with E-state index in [1.165, 1.54) is 63.3 Å². The van der Waals surface area contributed by atoms with Crippen LogP contribution in [0.3, 0.4) is 0 Å². The van der Waals surface area contributed by atoms with Crippen LogP contribution < -0.4 is 9.62 Å². The van der Waals surface area contributed by atoms with Gasteiger partial charge < -0.3 is 4.90 Å². The lowest BCUT2D eigenvalue weighted by molar-refractivity contribution is 0.520. The van der Waals surface area contributed by atoms with E-state index in [1.54, 1.807) is 0 Å². The summed E-state index contributed by atoms with van der Waals surface area (Å²) in [6.45, 7) is 2.40. The van der Waals surface area contributed by atoms with E-state index in [0.717, 1.165) is 23.0 Å². The lowest BCUT2D eigenvalue weighted by Gasteiger charge is -2.28. The molecule has 3 rings (SSSR count). The first-order valence-electron chi connectivity index (χ1n) is 10.1. The van der Waals surface area contributed by atoms with Crippen LogP contribution >= 0.6 is 0 Å². The van der Waals surface area contributed by atoms with Gasteiger partial charge in [0.25, 0.3) is 0 Å². The number of hydrogen-bond acceptors (Lipinski definition) is 5. The fourth-order valence-electron chi connectivity index (χ4n) is 3.45. The molecule has 1 aliphatic heterocycles. The Kier molecular flexibility index (Phi) is 7.18. The highest BCUT2D eigenvalue weighted by Crippen LogP contribution is 2.21. The summed E-state index contributed by atoms with van der Waals surface area (Å²) >= 11 is 0. The Morgan fingerprint density at radius 1 is 0.900 bits per heavy atom. The van der Waals surface area contributed by atoms with Crippen LogP contribution in [0.25, 0.3) is 0 Å². The quantitative estimate of drug-likeness (QED) is 0.666. The Morgan fingerprint density at radius 2 is 1.53 bits per heavy atom. The smallest absolute Gasteiger partial charge is 0.242 e. The first-order valence-corrected chi connectivity index (χ1v) is 13.0. The van der Waals surface area contributed by atoms with Crippen molar-refractivity contribution in [2.75, 3.05) is 38.6 Å². The highest BCUT2D eigenvalue weighted by molar-refractivity contribution is 7.90. The minimum Gasteiger partial charge on any atom is -0.372 e. The van der Waals surface area contributed by atoms with Gasteiger partial charge in [-0.1, -0.05) is 18.2 Å². The molecule has 0 amide bonds. The molecular weight excluding hydrogens is 422 g/mol. The van der Waals surface area contributed by atoms with E-state index in [9.17, 15) is 16.8 Å².